The van der Waals surface area contributed by atoms with Gasteiger partial charge in [0.05, 0.1) is 0 Å². The Morgan fingerprint density at radius 3 is 2.55 bits per heavy atom. The van der Waals surface area contributed by atoms with Crippen molar-refractivity contribution in [3.05, 3.63) is 29.8 Å². The minimum atomic E-state index is 0.262. The van der Waals surface area contributed by atoms with Crippen molar-refractivity contribution < 1.29 is 9.53 Å². The lowest BCUT2D eigenvalue weighted by Crippen LogP contribution is -2.39. The largest absolute Gasteiger partial charge is 0.399 e. The molecule has 0 unspecified atom stereocenters. The van der Waals surface area contributed by atoms with E-state index in [1.54, 1.807) is 7.11 Å². The normalized spacial score (nSPS) is 16.4. The van der Waals surface area contributed by atoms with Gasteiger partial charge in [-0.25, -0.2) is 0 Å². The van der Waals surface area contributed by atoms with Gasteiger partial charge in [0.2, 0.25) is 5.91 Å². The molecule has 4 heteroatoms. The van der Waals surface area contributed by atoms with Gasteiger partial charge in [0.25, 0.3) is 0 Å². The molecule has 0 saturated carbocycles. The van der Waals surface area contributed by atoms with E-state index in [-0.39, 0.29) is 5.91 Å². The molecule has 0 spiro atoms. The molecule has 2 N–H and O–H groups in total. The van der Waals surface area contributed by atoms with E-state index in [0.29, 0.717) is 12.3 Å². The molecule has 20 heavy (non-hydrogen) atoms. The van der Waals surface area contributed by atoms with E-state index in [9.17, 15) is 4.79 Å². The third-order valence-electron chi connectivity index (χ3n) is 3.98. The molecule has 2 rings (SSSR count). The first kappa shape index (κ1) is 14.9. The molecule has 1 heterocycles. The topological polar surface area (TPSA) is 55.6 Å². The quantitative estimate of drug-likeness (QED) is 0.838. The maximum absolute atomic E-state index is 12.2. The van der Waals surface area contributed by atoms with E-state index in [0.717, 1.165) is 44.6 Å². The number of hydrogen-bond acceptors (Lipinski definition) is 3. The van der Waals surface area contributed by atoms with Crippen molar-refractivity contribution >= 4 is 11.6 Å². The molecule has 0 atom stereocenters. The van der Waals surface area contributed by atoms with Gasteiger partial charge in [-0.3, -0.25) is 4.79 Å². The highest BCUT2D eigenvalue weighted by Gasteiger charge is 2.22. The van der Waals surface area contributed by atoms with Crippen molar-refractivity contribution in [3.63, 3.8) is 0 Å². The number of benzene rings is 1. The summed E-state index contributed by atoms with van der Waals surface area (Å²) in [7, 11) is 1.74. The minimum Gasteiger partial charge on any atom is -0.399 e. The van der Waals surface area contributed by atoms with Gasteiger partial charge in [0, 0.05) is 38.9 Å². The Hall–Kier alpha value is -1.55. The maximum atomic E-state index is 12.2. The molecule has 1 amide bonds. The SMILES string of the molecule is COCC1CCN(C(=O)CCc2ccc(N)cc2)CC1. The first-order valence-corrected chi connectivity index (χ1v) is 7.30. The zero-order valence-corrected chi connectivity index (χ0v) is 12.2. The number of methoxy groups -OCH3 is 1. The summed E-state index contributed by atoms with van der Waals surface area (Å²) in [4.78, 5) is 14.2. The summed E-state index contributed by atoms with van der Waals surface area (Å²) in [6.45, 7) is 2.55. The van der Waals surface area contributed by atoms with Crippen LogP contribution in [0.3, 0.4) is 0 Å². The standard InChI is InChI=1S/C16H24N2O2/c1-20-12-14-8-10-18(11-9-14)16(19)7-4-13-2-5-15(17)6-3-13/h2-3,5-6,14H,4,7-12,17H2,1H3. The number of nitrogens with two attached hydrogens (primary N) is 1. The van der Waals surface area contributed by atoms with Crippen molar-refractivity contribution in [2.24, 2.45) is 5.92 Å². The monoisotopic (exact) mass is 276 g/mol. The van der Waals surface area contributed by atoms with Crippen LogP contribution in [-0.2, 0) is 16.0 Å². The number of piperidine rings is 1. The Balaban J connectivity index is 1.74. The van der Waals surface area contributed by atoms with Crippen LogP contribution in [-0.4, -0.2) is 37.6 Å². The second-order valence-electron chi connectivity index (χ2n) is 5.52. The number of likely N-dealkylation sites (tertiary alicyclic amines) is 1. The third-order valence-corrected chi connectivity index (χ3v) is 3.98. The molecule has 1 fully saturated rings. The van der Waals surface area contributed by atoms with Crippen molar-refractivity contribution in [2.75, 3.05) is 32.5 Å². The summed E-state index contributed by atoms with van der Waals surface area (Å²) in [5.41, 5.74) is 7.58. The molecule has 110 valence electrons. The molecular weight excluding hydrogens is 252 g/mol. The number of rotatable bonds is 5. The van der Waals surface area contributed by atoms with Gasteiger partial charge >= 0.3 is 0 Å². The average molecular weight is 276 g/mol. The van der Waals surface area contributed by atoms with E-state index >= 15 is 0 Å². The second-order valence-corrected chi connectivity index (χ2v) is 5.52. The molecule has 1 saturated heterocycles. The number of anilines is 1. The predicted octanol–water partition coefficient (Wildman–Crippen LogP) is 2.09. The molecule has 1 aliphatic rings. The Labute approximate surface area is 120 Å². The molecule has 0 aromatic heterocycles. The number of carbonyl (C=O) groups excluding carboxylic acids is 1. The van der Waals surface area contributed by atoms with Gasteiger partial charge in [0.1, 0.15) is 0 Å². The summed E-state index contributed by atoms with van der Waals surface area (Å²) in [5.74, 6) is 0.874. The number of amides is 1. The summed E-state index contributed by atoms with van der Waals surface area (Å²) in [6, 6.07) is 7.76. The summed E-state index contributed by atoms with van der Waals surface area (Å²) < 4.78 is 5.18. The predicted molar refractivity (Wildman–Crippen MR) is 80.4 cm³/mol. The van der Waals surface area contributed by atoms with Crippen molar-refractivity contribution in [2.45, 2.75) is 25.7 Å². The van der Waals surface area contributed by atoms with Crippen molar-refractivity contribution in [1.29, 1.82) is 0 Å². The molecule has 4 nitrogen and oxygen atoms in total. The Bertz CT molecular complexity index is 423. The van der Waals surface area contributed by atoms with Crippen LogP contribution in [0, 0.1) is 5.92 Å². The van der Waals surface area contributed by atoms with E-state index in [4.69, 9.17) is 10.5 Å². The minimum absolute atomic E-state index is 0.262. The molecule has 0 bridgehead atoms. The Morgan fingerprint density at radius 2 is 1.95 bits per heavy atom. The Morgan fingerprint density at radius 1 is 1.30 bits per heavy atom. The number of aryl methyl sites for hydroxylation is 1. The van der Waals surface area contributed by atoms with E-state index < -0.39 is 0 Å². The highest BCUT2D eigenvalue weighted by Crippen LogP contribution is 2.18. The lowest BCUT2D eigenvalue weighted by Gasteiger charge is -2.31. The first-order valence-electron chi connectivity index (χ1n) is 7.30. The molecule has 1 aromatic carbocycles. The van der Waals surface area contributed by atoms with Crippen LogP contribution in [0.5, 0.6) is 0 Å². The summed E-state index contributed by atoms with van der Waals surface area (Å²) in [6.07, 6.45) is 3.48. The summed E-state index contributed by atoms with van der Waals surface area (Å²) in [5, 5.41) is 0. The van der Waals surface area contributed by atoms with Gasteiger partial charge < -0.3 is 15.4 Å². The molecule has 0 aliphatic carbocycles. The van der Waals surface area contributed by atoms with Crippen LogP contribution < -0.4 is 5.73 Å². The lowest BCUT2D eigenvalue weighted by molar-refractivity contribution is -0.132. The maximum Gasteiger partial charge on any atom is 0.222 e. The van der Waals surface area contributed by atoms with Crippen LogP contribution >= 0.6 is 0 Å². The highest BCUT2D eigenvalue weighted by molar-refractivity contribution is 5.76. The second kappa shape index (κ2) is 7.29. The van der Waals surface area contributed by atoms with Gasteiger partial charge in [0.15, 0.2) is 0 Å². The fraction of sp³-hybridized carbons (Fsp3) is 0.562. The van der Waals surface area contributed by atoms with Crippen molar-refractivity contribution in [1.82, 2.24) is 4.90 Å². The lowest BCUT2D eigenvalue weighted by atomic mass is 9.97. The van der Waals surface area contributed by atoms with Crippen LogP contribution in [0.1, 0.15) is 24.8 Å². The third kappa shape index (κ3) is 4.23. The highest BCUT2D eigenvalue weighted by atomic mass is 16.5. The fourth-order valence-corrected chi connectivity index (χ4v) is 2.68. The Kier molecular flexibility index (Phi) is 5.41. The van der Waals surface area contributed by atoms with Gasteiger partial charge in [-0.1, -0.05) is 12.1 Å². The molecule has 1 aromatic rings. The fourth-order valence-electron chi connectivity index (χ4n) is 2.68. The van der Waals surface area contributed by atoms with E-state index in [2.05, 4.69) is 0 Å². The number of ether oxygens (including phenoxy) is 1. The molecule has 1 aliphatic heterocycles. The number of nitrogen functional groups attached to an aromatic ring is 1. The van der Waals surface area contributed by atoms with Crippen LogP contribution in [0.15, 0.2) is 24.3 Å². The zero-order valence-electron chi connectivity index (χ0n) is 12.2. The van der Waals surface area contributed by atoms with Crippen molar-refractivity contribution in [3.8, 4) is 0 Å². The molecule has 0 radical (unpaired) electrons. The molecular formula is C16H24N2O2. The zero-order chi connectivity index (χ0) is 14.4. The van der Waals surface area contributed by atoms with Gasteiger partial charge in [-0.15, -0.1) is 0 Å². The average Bonchev–Trinajstić information content (AvgIpc) is 2.47. The van der Waals surface area contributed by atoms with Gasteiger partial charge in [-0.2, -0.15) is 0 Å². The van der Waals surface area contributed by atoms with E-state index in [1.165, 1.54) is 5.56 Å². The number of hydrogen-bond donors (Lipinski definition) is 1. The first-order chi connectivity index (χ1) is 9.69. The van der Waals surface area contributed by atoms with Crippen LogP contribution in [0.4, 0.5) is 5.69 Å². The van der Waals surface area contributed by atoms with E-state index in [1.807, 2.05) is 29.2 Å². The summed E-state index contributed by atoms with van der Waals surface area (Å²) >= 11 is 0. The number of nitrogens with zero attached hydrogens (tertiary/aromatic N) is 1. The smallest absolute Gasteiger partial charge is 0.222 e. The van der Waals surface area contributed by atoms with Gasteiger partial charge in [-0.05, 0) is 42.9 Å². The van der Waals surface area contributed by atoms with Crippen LogP contribution in [0.2, 0.25) is 0 Å². The van der Waals surface area contributed by atoms with Crippen LogP contribution in [0.25, 0.3) is 0 Å². The number of carbonyl (C=O) groups is 1.